The molecular formula is C6H11ClO2. The van der Waals surface area contributed by atoms with Crippen molar-refractivity contribution >= 4 is 17.6 Å². The Balaban J connectivity index is 3.27. The average Bonchev–Trinajstić information content (AvgIpc) is 1.63. The van der Waals surface area contributed by atoms with E-state index in [0.29, 0.717) is 12.3 Å². The highest BCUT2D eigenvalue weighted by Crippen LogP contribution is 1.93. The maximum absolute atomic E-state index is 10.5. The van der Waals surface area contributed by atoms with Gasteiger partial charge in [0.25, 0.3) is 0 Å². The van der Waals surface area contributed by atoms with E-state index in [-0.39, 0.29) is 12.1 Å². The first-order valence-electron chi connectivity index (χ1n) is 2.92. The van der Waals surface area contributed by atoms with Crippen molar-refractivity contribution in [3.63, 3.8) is 0 Å². The van der Waals surface area contributed by atoms with Crippen molar-refractivity contribution in [1.29, 1.82) is 0 Å². The fourth-order valence-corrected chi connectivity index (χ4v) is 0.553. The normalized spacial score (nSPS) is 9.78. The summed E-state index contributed by atoms with van der Waals surface area (Å²) in [5, 5.41) is 0. The van der Waals surface area contributed by atoms with Gasteiger partial charge in [-0.2, -0.15) is 0 Å². The lowest BCUT2D eigenvalue weighted by molar-refractivity contribution is -0.146. The van der Waals surface area contributed by atoms with Gasteiger partial charge in [0.2, 0.25) is 0 Å². The molecule has 2 nitrogen and oxygen atoms in total. The number of esters is 1. The number of carbonyl (C=O) groups is 1. The minimum Gasteiger partial charge on any atom is -0.463 e. The molecule has 0 bridgehead atoms. The number of carbonyl (C=O) groups excluding carboxylic acids is 1. The van der Waals surface area contributed by atoms with E-state index in [9.17, 15) is 4.79 Å². The molecule has 0 rings (SSSR count). The van der Waals surface area contributed by atoms with Crippen molar-refractivity contribution in [2.75, 3.05) is 5.88 Å². The summed E-state index contributed by atoms with van der Waals surface area (Å²) < 4.78 is 4.77. The monoisotopic (exact) mass is 150 g/mol. The third-order valence-corrected chi connectivity index (χ3v) is 0.855. The molecule has 0 heterocycles. The molecule has 0 aliphatic heterocycles. The van der Waals surface area contributed by atoms with Crippen LogP contribution in [0.4, 0.5) is 0 Å². The van der Waals surface area contributed by atoms with Crippen LogP contribution in [0.5, 0.6) is 0 Å². The van der Waals surface area contributed by atoms with Crippen LogP contribution in [-0.4, -0.2) is 18.0 Å². The van der Waals surface area contributed by atoms with E-state index in [4.69, 9.17) is 16.3 Å². The van der Waals surface area contributed by atoms with Crippen molar-refractivity contribution in [2.24, 2.45) is 0 Å². The molecule has 0 saturated carbocycles. The predicted molar refractivity (Wildman–Crippen MR) is 36.6 cm³/mol. The molecule has 0 fully saturated rings. The van der Waals surface area contributed by atoms with Crippen molar-refractivity contribution in [1.82, 2.24) is 0 Å². The molecule has 0 saturated heterocycles. The van der Waals surface area contributed by atoms with Crippen LogP contribution in [0, 0.1) is 0 Å². The first-order chi connectivity index (χ1) is 4.16. The van der Waals surface area contributed by atoms with Crippen molar-refractivity contribution < 1.29 is 9.53 Å². The van der Waals surface area contributed by atoms with Gasteiger partial charge >= 0.3 is 5.97 Å². The van der Waals surface area contributed by atoms with Gasteiger partial charge in [-0.25, -0.2) is 0 Å². The van der Waals surface area contributed by atoms with E-state index < -0.39 is 0 Å². The quantitative estimate of drug-likeness (QED) is 0.451. The molecule has 0 amide bonds. The topological polar surface area (TPSA) is 26.3 Å². The molecule has 54 valence electrons. The first-order valence-corrected chi connectivity index (χ1v) is 3.45. The fraction of sp³-hybridized carbons (Fsp3) is 0.833. The zero-order chi connectivity index (χ0) is 7.28. The molecule has 0 spiro atoms. The Hall–Kier alpha value is -0.240. The van der Waals surface area contributed by atoms with Gasteiger partial charge < -0.3 is 4.74 Å². The van der Waals surface area contributed by atoms with Crippen LogP contribution in [0.25, 0.3) is 0 Å². The Morgan fingerprint density at radius 3 is 2.56 bits per heavy atom. The maximum atomic E-state index is 10.5. The molecule has 0 aromatic rings. The van der Waals surface area contributed by atoms with Crippen LogP contribution in [0.1, 0.15) is 20.3 Å². The minimum atomic E-state index is -0.222. The van der Waals surface area contributed by atoms with Gasteiger partial charge in [-0.05, 0) is 13.8 Å². The Morgan fingerprint density at radius 1 is 1.67 bits per heavy atom. The standard InChI is InChI=1S/C6H11ClO2/c1-5(2)9-6(8)3-4-7/h5H,3-4H2,1-2H3. The van der Waals surface area contributed by atoms with E-state index in [2.05, 4.69) is 0 Å². The molecule has 0 radical (unpaired) electrons. The van der Waals surface area contributed by atoms with Crippen LogP contribution in [0.15, 0.2) is 0 Å². The Kier molecular flexibility index (Phi) is 4.50. The minimum absolute atomic E-state index is 0.0271. The highest BCUT2D eigenvalue weighted by Gasteiger charge is 2.02. The van der Waals surface area contributed by atoms with Crippen LogP contribution >= 0.6 is 11.6 Å². The fourth-order valence-electron chi connectivity index (χ4n) is 0.399. The van der Waals surface area contributed by atoms with Gasteiger partial charge in [-0.3, -0.25) is 4.79 Å². The van der Waals surface area contributed by atoms with Gasteiger partial charge in [0.1, 0.15) is 0 Å². The largest absolute Gasteiger partial charge is 0.463 e. The Bertz CT molecular complexity index is 91.1. The summed E-state index contributed by atoms with van der Waals surface area (Å²) in [5.74, 6) is 0.117. The highest BCUT2D eigenvalue weighted by atomic mass is 35.5. The van der Waals surface area contributed by atoms with Crippen LogP contribution in [0.2, 0.25) is 0 Å². The smallest absolute Gasteiger partial charge is 0.307 e. The van der Waals surface area contributed by atoms with Crippen molar-refractivity contribution in [3.05, 3.63) is 0 Å². The summed E-state index contributed by atoms with van der Waals surface area (Å²) in [6.45, 7) is 3.62. The van der Waals surface area contributed by atoms with E-state index in [1.807, 2.05) is 13.8 Å². The summed E-state index contributed by atoms with van der Waals surface area (Å²) in [6, 6.07) is 0. The van der Waals surface area contributed by atoms with E-state index in [1.54, 1.807) is 0 Å². The lowest BCUT2D eigenvalue weighted by Gasteiger charge is -2.05. The molecule has 3 heteroatoms. The Morgan fingerprint density at radius 2 is 2.22 bits per heavy atom. The summed E-state index contributed by atoms with van der Waals surface area (Å²) in [5.41, 5.74) is 0. The van der Waals surface area contributed by atoms with E-state index in [1.165, 1.54) is 0 Å². The second kappa shape index (κ2) is 4.62. The zero-order valence-electron chi connectivity index (χ0n) is 5.69. The summed E-state index contributed by atoms with van der Waals surface area (Å²) in [7, 11) is 0. The molecule has 9 heavy (non-hydrogen) atoms. The third-order valence-electron chi connectivity index (χ3n) is 0.666. The molecule has 0 atom stereocenters. The Labute approximate surface area is 60.1 Å². The molecule has 0 aromatic heterocycles. The molecule has 0 unspecified atom stereocenters. The second-order valence-corrected chi connectivity index (χ2v) is 2.36. The van der Waals surface area contributed by atoms with Crippen LogP contribution in [0.3, 0.4) is 0 Å². The van der Waals surface area contributed by atoms with Crippen molar-refractivity contribution in [3.8, 4) is 0 Å². The van der Waals surface area contributed by atoms with Gasteiger partial charge in [-0.1, -0.05) is 0 Å². The number of ether oxygens (including phenoxy) is 1. The van der Waals surface area contributed by atoms with E-state index >= 15 is 0 Å². The molecule has 0 aliphatic carbocycles. The second-order valence-electron chi connectivity index (χ2n) is 1.98. The van der Waals surface area contributed by atoms with Crippen molar-refractivity contribution in [2.45, 2.75) is 26.4 Å². The lowest BCUT2D eigenvalue weighted by Crippen LogP contribution is -2.11. The number of rotatable bonds is 3. The highest BCUT2D eigenvalue weighted by molar-refractivity contribution is 6.18. The molecule has 0 N–H and O–H groups in total. The van der Waals surface area contributed by atoms with E-state index in [0.717, 1.165) is 0 Å². The summed E-state index contributed by atoms with van der Waals surface area (Å²) in [4.78, 5) is 10.5. The number of alkyl halides is 1. The van der Waals surface area contributed by atoms with Crippen LogP contribution < -0.4 is 0 Å². The number of halogens is 1. The third kappa shape index (κ3) is 5.63. The summed E-state index contributed by atoms with van der Waals surface area (Å²) in [6.07, 6.45) is 0.278. The molecule has 0 aromatic carbocycles. The number of hydrogen-bond acceptors (Lipinski definition) is 2. The number of hydrogen-bond donors (Lipinski definition) is 0. The first kappa shape index (κ1) is 8.76. The van der Waals surface area contributed by atoms with Gasteiger partial charge in [0.05, 0.1) is 12.5 Å². The SMILES string of the molecule is CC(C)OC(=O)CCCl. The lowest BCUT2D eigenvalue weighted by atomic mass is 10.4. The van der Waals surface area contributed by atoms with Gasteiger partial charge in [0, 0.05) is 5.88 Å². The molecule has 0 aliphatic rings. The summed E-state index contributed by atoms with van der Waals surface area (Å²) >= 11 is 5.28. The predicted octanol–water partition coefficient (Wildman–Crippen LogP) is 1.57. The zero-order valence-corrected chi connectivity index (χ0v) is 6.44. The average molecular weight is 151 g/mol. The maximum Gasteiger partial charge on any atom is 0.307 e. The van der Waals surface area contributed by atoms with Gasteiger partial charge in [-0.15, -0.1) is 11.6 Å². The molecular weight excluding hydrogens is 140 g/mol. The van der Waals surface area contributed by atoms with Crippen LogP contribution in [-0.2, 0) is 9.53 Å². The van der Waals surface area contributed by atoms with Gasteiger partial charge in [0.15, 0.2) is 0 Å².